The molecular weight excluding hydrogens is 204 g/mol. The van der Waals surface area contributed by atoms with Gasteiger partial charge in [0.2, 0.25) is 0 Å². The molecule has 2 nitrogen and oxygen atoms in total. The van der Waals surface area contributed by atoms with Gasteiger partial charge in [0.25, 0.3) is 0 Å². The number of aryl methyl sites for hydroxylation is 1. The topological polar surface area (TPSA) is 38.9 Å². The molecule has 0 aromatic carbocycles. The van der Waals surface area contributed by atoms with Crippen molar-refractivity contribution in [2.45, 2.75) is 45.1 Å². The standard InChI is InChI=1S/C12H20N2S/c1-5-9(3)15-7-11-10(4)12(13)8(2)6-14-11/h6,9H,5,7H2,1-4H3,(H2,13,14). The number of nitrogen functional groups attached to an aromatic ring is 1. The van der Waals surface area contributed by atoms with E-state index in [-0.39, 0.29) is 0 Å². The van der Waals surface area contributed by atoms with Crippen molar-refractivity contribution in [2.24, 2.45) is 0 Å². The second-order valence-corrected chi connectivity index (χ2v) is 5.38. The third-order valence-electron chi connectivity index (χ3n) is 2.76. The van der Waals surface area contributed by atoms with Crippen molar-refractivity contribution < 1.29 is 0 Å². The van der Waals surface area contributed by atoms with Crippen LogP contribution in [0.15, 0.2) is 6.20 Å². The van der Waals surface area contributed by atoms with Gasteiger partial charge in [-0.05, 0) is 31.4 Å². The number of nitrogens with two attached hydrogens (primary N) is 1. The number of anilines is 1. The van der Waals surface area contributed by atoms with E-state index in [0.29, 0.717) is 5.25 Å². The third-order valence-corrected chi connectivity index (χ3v) is 4.10. The fourth-order valence-corrected chi connectivity index (χ4v) is 2.25. The maximum atomic E-state index is 5.97. The van der Waals surface area contributed by atoms with E-state index in [0.717, 1.165) is 28.3 Å². The number of hydrogen-bond donors (Lipinski definition) is 1. The Kier molecular flexibility index (Phi) is 4.45. The zero-order chi connectivity index (χ0) is 11.4. The summed E-state index contributed by atoms with van der Waals surface area (Å²) in [5.41, 5.74) is 10.2. The Morgan fingerprint density at radius 2 is 2.13 bits per heavy atom. The second kappa shape index (κ2) is 5.40. The number of rotatable bonds is 4. The maximum Gasteiger partial charge on any atom is 0.0552 e. The average molecular weight is 224 g/mol. The second-order valence-electron chi connectivity index (χ2n) is 3.96. The lowest BCUT2D eigenvalue weighted by Gasteiger charge is -2.12. The van der Waals surface area contributed by atoms with Gasteiger partial charge in [0.15, 0.2) is 0 Å². The minimum Gasteiger partial charge on any atom is -0.398 e. The summed E-state index contributed by atoms with van der Waals surface area (Å²) in [5, 5.41) is 0.689. The Balaban J connectivity index is 2.74. The molecule has 0 aliphatic rings. The SMILES string of the molecule is CCC(C)SCc1ncc(C)c(N)c1C. The molecule has 0 fully saturated rings. The van der Waals surface area contributed by atoms with E-state index in [2.05, 4.69) is 25.8 Å². The molecular formula is C12H20N2S. The fraction of sp³-hybridized carbons (Fsp3) is 0.583. The lowest BCUT2D eigenvalue weighted by molar-refractivity contribution is 0.903. The summed E-state index contributed by atoms with van der Waals surface area (Å²) in [6.07, 6.45) is 3.07. The van der Waals surface area contributed by atoms with Crippen LogP contribution in [0.25, 0.3) is 0 Å². The lowest BCUT2D eigenvalue weighted by Crippen LogP contribution is -2.02. The number of hydrogen-bond acceptors (Lipinski definition) is 3. The molecule has 0 spiro atoms. The van der Waals surface area contributed by atoms with Gasteiger partial charge in [0.05, 0.1) is 5.69 Å². The smallest absolute Gasteiger partial charge is 0.0552 e. The molecule has 0 aliphatic heterocycles. The molecule has 15 heavy (non-hydrogen) atoms. The van der Waals surface area contributed by atoms with Gasteiger partial charge in [0, 0.05) is 22.9 Å². The van der Waals surface area contributed by atoms with Crippen molar-refractivity contribution in [1.82, 2.24) is 4.98 Å². The molecule has 1 atom stereocenters. The van der Waals surface area contributed by atoms with Crippen LogP contribution >= 0.6 is 11.8 Å². The summed E-state index contributed by atoms with van der Waals surface area (Å²) in [6, 6.07) is 0. The summed E-state index contributed by atoms with van der Waals surface area (Å²) in [4.78, 5) is 4.44. The summed E-state index contributed by atoms with van der Waals surface area (Å²) in [6.45, 7) is 8.52. The van der Waals surface area contributed by atoms with E-state index in [1.807, 2.05) is 24.9 Å². The van der Waals surface area contributed by atoms with Crippen LogP contribution in [0.5, 0.6) is 0 Å². The predicted octanol–water partition coefficient (Wildman–Crippen LogP) is 3.31. The molecule has 0 saturated heterocycles. The zero-order valence-electron chi connectivity index (χ0n) is 10.0. The van der Waals surface area contributed by atoms with Crippen LogP contribution in [0.1, 0.15) is 37.1 Å². The molecule has 0 radical (unpaired) electrons. The van der Waals surface area contributed by atoms with Crippen molar-refractivity contribution >= 4 is 17.4 Å². The van der Waals surface area contributed by atoms with Gasteiger partial charge in [-0.1, -0.05) is 13.8 Å². The van der Waals surface area contributed by atoms with E-state index in [9.17, 15) is 0 Å². The van der Waals surface area contributed by atoms with Gasteiger partial charge in [-0.2, -0.15) is 11.8 Å². The Labute approximate surface area is 96.7 Å². The van der Waals surface area contributed by atoms with Crippen molar-refractivity contribution in [2.75, 3.05) is 5.73 Å². The molecule has 0 bridgehead atoms. The van der Waals surface area contributed by atoms with Crippen LogP contribution in [0.4, 0.5) is 5.69 Å². The van der Waals surface area contributed by atoms with Gasteiger partial charge < -0.3 is 5.73 Å². The highest BCUT2D eigenvalue weighted by atomic mass is 32.2. The number of thioether (sulfide) groups is 1. The van der Waals surface area contributed by atoms with E-state index < -0.39 is 0 Å². The Morgan fingerprint density at radius 1 is 1.47 bits per heavy atom. The highest BCUT2D eigenvalue weighted by molar-refractivity contribution is 7.99. The van der Waals surface area contributed by atoms with Gasteiger partial charge >= 0.3 is 0 Å². The number of nitrogens with zero attached hydrogens (tertiary/aromatic N) is 1. The molecule has 1 aromatic heterocycles. The molecule has 3 heteroatoms. The molecule has 84 valence electrons. The van der Waals surface area contributed by atoms with Crippen molar-refractivity contribution in [3.63, 3.8) is 0 Å². The minimum atomic E-state index is 0.689. The van der Waals surface area contributed by atoms with Crippen LogP contribution in [0.3, 0.4) is 0 Å². The first kappa shape index (κ1) is 12.4. The normalized spacial score (nSPS) is 12.8. The molecule has 1 rings (SSSR count). The summed E-state index contributed by atoms with van der Waals surface area (Å²) in [5.74, 6) is 0.964. The predicted molar refractivity (Wildman–Crippen MR) is 69.2 cm³/mol. The van der Waals surface area contributed by atoms with Gasteiger partial charge in [0.1, 0.15) is 0 Å². The third kappa shape index (κ3) is 3.13. The monoisotopic (exact) mass is 224 g/mol. The van der Waals surface area contributed by atoms with Crippen LogP contribution in [-0.4, -0.2) is 10.2 Å². The molecule has 2 N–H and O–H groups in total. The highest BCUT2D eigenvalue weighted by Crippen LogP contribution is 2.24. The molecule has 1 heterocycles. The fourth-order valence-electron chi connectivity index (χ4n) is 1.28. The van der Waals surface area contributed by atoms with E-state index in [1.54, 1.807) is 0 Å². The largest absolute Gasteiger partial charge is 0.398 e. The van der Waals surface area contributed by atoms with Crippen molar-refractivity contribution in [1.29, 1.82) is 0 Å². The summed E-state index contributed by atoms with van der Waals surface area (Å²) >= 11 is 1.94. The van der Waals surface area contributed by atoms with Crippen LogP contribution in [0, 0.1) is 13.8 Å². The van der Waals surface area contributed by atoms with Gasteiger partial charge in [-0.25, -0.2) is 0 Å². The van der Waals surface area contributed by atoms with E-state index in [1.165, 1.54) is 6.42 Å². The van der Waals surface area contributed by atoms with Crippen LogP contribution in [0.2, 0.25) is 0 Å². The zero-order valence-corrected chi connectivity index (χ0v) is 10.8. The molecule has 0 amide bonds. The van der Waals surface area contributed by atoms with Gasteiger partial charge in [-0.15, -0.1) is 0 Å². The van der Waals surface area contributed by atoms with Crippen molar-refractivity contribution in [3.8, 4) is 0 Å². The van der Waals surface area contributed by atoms with Gasteiger partial charge in [-0.3, -0.25) is 4.98 Å². The highest BCUT2D eigenvalue weighted by Gasteiger charge is 2.07. The first-order chi connectivity index (χ1) is 7.06. The summed E-state index contributed by atoms with van der Waals surface area (Å²) in [7, 11) is 0. The van der Waals surface area contributed by atoms with E-state index in [4.69, 9.17) is 5.73 Å². The summed E-state index contributed by atoms with van der Waals surface area (Å²) < 4.78 is 0. The maximum absolute atomic E-state index is 5.97. The first-order valence-electron chi connectivity index (χ1n) is 5.38. The Hall–Kier alpha value is -0.700. The van der Waals surface area contributed by atoms with Crippen LogP contribution < -0.4 is 5.73 Å². The molecule has 0 saturated carbocycles. The average Bonchev–Trinajstić information content (AvgIpc) is 2.24. The number of pyridine rings is 1. The Bertz CT molecular complexity index is 337. The lowest BCUT2D eigenvalue weighted by atomic mass is 10.1. The number of aromatic nitrogens is 1. The van der Waals surface area contributed by atoms with Crippen molar-refractivity contribution in [3.05, 3.63) is 23.0 Å². The molecule has 0 aliphatic carbocycles. The van der Waals surface area contributed by atoms with Crippen LogP contribution in [-0.2, 0) is 5.75 Å². The minimum absolute atomic E-state index is 0.689. The van der Waals surface area contributed by atoms with E-state index >= 15 is 0 Å². The molecule has 1 unspecified atom stereocenters. The quantitative estimate of drug-likeness (QED) is 0.852. The Morgan fingerprint density at radius 3 is 2.73 bits per heavy atom. The first-order valence-corrected chi connectivity index (χ1v) is 6.43. The molecule has 1 aromatic rings.